The first kappa shape index (κ1) is 13.6. The molecule has 1 rings (SSSR count). The molecular formula is C10H12F2N2O2S. The molecule has 0 amide bonds. The fraction of sp³-hybridized carbons (Fsp3) is 0.200. The van der Waals surface area contributed by atoms with Crippen molar-refractivity contribution < 1.29 is 17.2 Å². The van der Waals surface area contributed by atoms with Crippen molar-refractivity contribution in [2.75, 3.05) is 12.3 Å². The zero-order chi connectivity index (χ0) is 13.1. The van der Waals surface area contributed by atoms with Crippen molar-refractivity contribution in [3.05, 3.63) is 36.4 Å². The Kier molecular flexibility index (Phi) is 4.19. The number of hydrogen-bond donors (Lipinski definition) is 2. The summed E-state index contributed by atoms with van der Waals surface area (Å²) in [6.45, 7) is 3.50. The molecule has 0 unspecified atom stereocenters. The van der Waals surface area contributed by atoms with E-state index in [1.807, 2.05) is 0 Å². The van der Waals surface area contributed by atoms with Crippen LogP contribution < -0.4 is 10.5 Å². The molecule has 0 atom stereocenters. The van der Waals surface area contributed by atoms with E-state index in [2.05, 4.69) is 11.3 Å². The lowest BCUT2D eigenvalue weighted by molar-refractivity contribution is 0.545. The predicted molar refractivity (Wildman–Crippen MR) is 60.8 cm³/mol. The minimum Gasteiger partial charge on any atom is -0.396 e. The molecule has 0 aromatic heterocycles. The molecule has 0 aliphatic rings. The highest BCUT2D eigenvalue weighted by Gasteiger charge is 2.20. The van der Waals surface area contributed by atoms with Gasteiger partial charge in [0.15, 0.2) is 0 Å². The lowest BCUT2D eigenvalue weighted by Gasteiger charge is -2.08. The van der Waals surface area contributed by atoms with Gasteiger partial charge in [0.1, 0.15) is 16.5 Å². The molecule has 0 spiro atoms. The molecule has 1 aromatic carbocycles. The minimum absolute atomic E-state index is 0.0859. The van der Waals surface area contributed by atoms with Crippen LogP contribution in [-0.2, 0) is 10.0 Å². The standard InChI is InChI=1S/C10H12F2N2O2S/c1-2-3-4-14-17(15,16)10-6-9(13)7(11)5-8(10)12/h2,5-6,14H,1,3-4,13H2. The third-order valence-corrected chi connectivity index (χ3v) is 3.46. The maximum absolute atomic E-state index is 13.3. The maximum Gasteiger partial charge on any atom is 0.243 e. The molecule has 0 saturated carbocycles. The van der Waals surface area contributed by atoms with Gasteiger partial charge in [0, 0.05) is 12.6 Å². The van der Waals surface area contributed by atoms with Crippen molar-refractivity contribution in [2.24, 2.45) is 0 Å². The van der Waals surface area contributed by atoms with Gasteiger partial charge in [-0.1, -0.05) is 6.08 Å². The Bertz CT molecular complexity index is 529. The molecule has 94 valence electrons. The molecule has 0 saturated heterocycles. The van der Waals surface area contributed by atoms with Crippen molar-refractivity contribution in [1.29, 1.82) is 0 Å². The Hall–Kier alpha value is -1.47. The van der Waals surface area contributed by atoms with Crippen LogP contribution in [0, 0.1) is 11.6 Å². The second-order valence-corrected chi connectivity index (χ2v) is 5.01. The molecule has 7 heteroatoms. The molecular weight excluding hydrogens is 250 g/mol. The highest BCUT2D eigenvalue weighted by atomic mass is 32.2. The monoisotopic (exact) mass is 262 g/mol. The second kappa shape index (κ2) is 5.24. The van der Waals surface area contributed by atoms with Gasteiger partial charge < -0.3 is 5.73 Å². The summed E-state index contributed by atoms with van der Waals surface area (Å²) in [7, 11) is -4.02. The highest BCUT2D eigenvalue weighted by Crippen LogP contribution is 2.20. The average molecular weight is 262 g/mol. The van der Waals surface area contributed by atoms with E-state index in [1.165, 1.54) is 6.08 Å². The number of nitrogen functional groups attached to an aromatic ring is 1. The summed E-state index contributed by atoms with van der Waals surface area (Å²) in [6.07, 6.45) is 1.91. The van der Waals surface area contributed by atoms with Crippen LogP contribution in [0.5, 0.6) is 0 Å². The second-order valence-electron chi connectivity index (χ2n) is 3.28. The smallest absolute Gasteiger partial charge is 0.243 e. The average Bonchev–Trinajstić information content (AvgIpc) is 2.23. The first-order valence-electron chi connectivity index (χ1n) is 4.73. The van der Waals surface area contributed by atoms with Crippen molar-refractivity contribution in [3.63, 3.8) is 0 Å². The van der Waals surface area contributed by atoms with Crippen LogP contribution in [0.4, 0.5) is 14.5 Å². The summed E-state index contributed by atoms with van der Waals surface area (Å²) < 4.78 is 51.6. The van der Waals surface area contributed by atoms with E-state index in [4.69, 9.17) is 5.73 Å². The number of halogens is 2. The third-order valence-electron chi connectivity index (χ3n) is 1.98. The molecule has 0 aliphatic heterocycles. The predicted octanol–water partition coefficient (Wildman–Crippen LogP) is 1.40. The SMILES string of the molecule is C=CCCNS(=O)(=O)c1cc(N)c(F)cc1F. The summed E-state index contributed by atoms with van der Waals surface area (Å²) in [6, 6.07) is 1.19. The molecule has 0 aliphatic carbocycles. The van der Waals surface area contributed by atoms with Gasteiger partial charge >= 0.3 is 0 Å². The Morgan fingerprint density at radius 2 is 2.00 bits per heavy atom. The van der Waals surface area contributed by atoms with E-state index in [0.717, 1.165) is 6.07 Å². The van der Waals surface area contributed by atoms with Gasteiger partial charge in [-0.05, 0) is 12.5 Å². The number of anilines is 1. The van der Waals surface area contributed by atoms with E-state index in [0.29, 0.717) is 12.5 Å². The van der Waals surface area contributed by atoms with Crippen molar-refractivity contribution >= 4 is 15.7 Å². The van der Waals surface area contributed by atoms with Crippen molar-refractivity contribution in [3.8, 4) is 0 Å². The number of nitrogens with one attached hydrogen (secondary N) is 1. The van der Waals surface area contributed by atoms with Gasteiger partial charge in [-0.25, -0.2) is 21.9 Å². The van der Waals surface area contributed by atoms with E-state index < -0.39 is 32.2 Å². The Labute approximate surface area is 98.2 Å². The largest absolute Gasteiger partial charge is 0.396 e. The summed E-state index contributed by atoms with van der Waals surface area (Å²) in [5, 5.41) is 0. The van der Waals surface area contributed by atoms with E-state index in [-0.39, 0.29) is 6.54 Å². The van der Waals surface area contributed by atoms with Gasteiger partial charge in [-0.3, -0.25) is 0 Å². The molecule has 3 N–H and O–H groups in total. The summed E-state index contributed by atoms with van der Waals surface area (Å²) >= 11 is 0. The minimum atomic E-state index is -4.02. The normalized spacial score (nSPS) is 11.4. The van der Waals surface area contributed by atoms with Crippen LogP contribution in [-0.4, -0.2) is 15.0 Å². The van der Waals surface area contributed by atoms with Gasteiger partial charge in [0.05, 0.1) is 5.69 Å². The number of sulfonamides is 1. The molecule has 0 bridgehead atoms. The van der Waals surface area contributed by atoms with Gasteiger partial charge in [-0.2, -0.15) is 0 Å². The van der Waals surface area contributed by atoms with Crippen LogP contribution in [0.1, 0.15) is 6.42 Å². The van der Waals surface area contributed by atoms with E-state index >= 15 is 0 Å². The molecule has 4 nitrogen and oxygen atoms in total. The lowest BCUT2D eigenvalue weighted by Crippen LogP contribution is -2.25. The summed E-state index contributed by atoms with van der Waals surface area (Å²) in [4.78, 5) is -0.666. The van der Waals surface area contributed by atoms with E-state index in [9.17, 15) is 17.2 Å². The topological polar surface area (TPSA) is 72.2 Å². The first-order valence-corrected chi connectivity index (χ1v) is 6.22. The van der Waals surface area contributed by atoms with Crippen LogP contribution in [0.3, 0.4) is 0 Å². The summed E-state index contributed by atoms with van der Waals surface area (Å²) in [5.41, 5.74) is 4.77. The zero-order valence-electron chi connectivity index (χ0n) is 8.91. The lowest BCUT2D eigenvalue weighted by atomic mass is 10.3. The summed E-state index contributed by atoms with van der Waals surface area (Å²) in [5.74, 6) is -2.17. The van der Waals surface area contributed by atoms with Gasteiger partial charge in [-0.15, -0.1) is 6.58 Å². The number of hydrogen-bond acceptors (Lipinski definition) is 3. The van der Waals surface area contributed by atoms with E-state index in [1.54, 1.807) is 0 Å². The Morgan fingerprint density at radius 1 is 1.35 bits per heavy atom. The van der Waals surface area contributed by atoms with Crippen LogP contribution >= 0.6 is 0 Å². The molecule has 0 fully saturated rings. The van der Waals surface area contributed by atoms with Gasteiger partial charge in [0.25, 0.3) is 0 Å². The third kappa shape index (κ3) is 3.24. The fourth-order valence-corrected chi connectivity index (χ4v) is 2.26. The van der Waals surface area contributed by atoms with Crippen molar-refractivity contribution in [1.82, 2.24) is 4.72 Å². The fourth-order valence-electron chi connectivity index (χ4n) is 1.12. The molecule has 0 radical (unpaired) electrons. The first-order chi connectivity index (χ1) is 7.88. The molecule has 0 heterocycles. The zero-order valence-corrected chi connectivity index (χ0v) is 9.73. The number of nitrogens with two attached hydrogens (primary N) is 1. The van der Waals surface area contributed by atoms with Gasteiger partial charge in [0.2, 0.25) is 10.0 Å². The highest BCUT2D eigenvalue weighted by molar-refractivity contribution is 7.89. The van der Waals surface area contributed by atoms with Crippen LogP contribution in [0.15, 0.2) is 29.7 Å². The number of rotatable bonds is 5. The Balaban J connectivity index is 3.06. The van der Waals surface area contributed by atoms with Crippen LogP contribution in [0.25, 0.3) is 0 Å². The molecule has 17 heavy (non-hydrogen) atoms. The van der Waals surface area contributed by atoms with Crippen LogP contribution in [0.2, 0.25) is 0 Å². The quantitative estimate of drug-likeness (QED) is 0.478. The van der Waals surface area contributed by atoms with Crippen molar-refractivity contribution in [2.45, 2.75) is 11.3 Å². The number of benzene rings is 1. The Morgan fingerprint density at radius 3 is 2.59 bits per heavy atom. The molecule has 1 aromatic rings. The maximum atomic E-state index is 13.3.